The van der Waals surface area contributed by atoms with E-state index in [4.69, 9.17) is 44.3 Å². The summed E-state index contributed by atoms with van der Waals surface area (Å²) in [5.74, 6) is -0.270. The van der Waals surface area contributed by atoms with Crippen LogP contribution in [0.2, 0.25) is 15.1 Å². The number of carbonyl (C=O) groups excluding carboxylic acids is 1. The summed E-state index contributed by atoms with van der Waals surface area (Å²) in [5.41, 5.74) is 1.45. The number of halogens is 4. The van der Waals surface area contributed by atoms with Crippen molar-refractivity contribution in [2.75, 3.05) is 5.32 Å². The number of thiazole rings is 1. The second kappa shape index (κ2) is 9.50. The van der Waals surface area contributed by atoms with Crippen molar-refractivity contribution < 1.29 is 18.7 Å². The molecule has 4 rings (SSSR count). The summed E-state index contributed by atoms with van der Waals surface area (Å²) in [5, 5.41) is 3.20. The fourth-order valence-corrected chi connectivity index (χ4v) is 4.66. The Morgan fingerprint density at radius 3 is 2.59 bits per heavy atom. The first-order valence-corrected chi connectivity index (χ1v) is 11.2. The lowest BCUT2D eigenvalue weighted by Gasteiger charge is -2.18. The van der Waals surface area contributed by atoms with Gasteiger partial charge in [0.05, 0.1) is 20.3 Å². The zero-order valence-corrected chi connectivity index (χ0v) is 19.4. The maximum Gasteiger partial charge on any atom is 0.419 e. The van der Waals surface area contributed by atoms with Crippen LogP contribution < -0.4 is 14.8 Å². The molecule has 164 valence electrons. The summed E-state index contributed by atoms with van der Waals surface area (Å²) in [6.07, 6.45) is -1.34. The lowest BCUT2D eigenvalue weighted by Crippen LogP contribution is -2.16. The van der Waals surface area contributed by atoms with Gasteiger partial charge in [-0.1, -0.05) is 64.3 Å². The average Bonchev–Trinajstić information content (AvgIpc) is 3.12. The molecular weight excluding hydrogens is 498 g/mol. The number of anilines is 1. The Balaban J connectivity index is 1.54. The molecular formula is C22H14Cl3FN2O3S. The van der Waals surface area contributed by atoms with Crippen molar-refractivity contribution in [3.8, 4) is 10.9 Å². The Bertz CT molecular complexity index is 1300. The van der Waals surface area contributed by atoms with E-state index in [0.717, 1.165) is 11.3 Å². The quantitative estimate of drug-likeness (QED) is 0.275. The van der Waals surface area contributed by atoms with E-state index < -0.39 is 18.0 Å². The zero-order chi connectivity index (χ0) is 22.8. The van der Waals surface area contributed by atoms with Crippen LogP contribution >= 0.6 is 46.1 Å². The van der Waals surface area contributed by atoms with Gasteiger partial charge in [0.25, 0.3) is 5.19 Å². The van der Waals surface area contributed by atoms with Crippen LogP contribution in [0.3, 0.4) is 0 Å². The molecule has 4 aromatic rings. The number of fused-ring (bicyclic) bond motifs is 1. The van der Waals surface area contributed by atoms with Crippen molar-refractivity contribution in [3.63, 3.8) is 0 Å². The van der Waals surface area contributed by atoms with E-state index >= 15 is 0 Å². The van der Waals surface area contributed by atoms with E-state index in [1.54, 1.807) is 43.3 Å². The zero-order valence-electron chi connectivity index (χ0n) is 16.4. The van der Waals surface area contributed by atoms with Crippen molar-refractivity contribution in [2.24, 2.45) is 0 Å². The number of hydrogen-bond acceptors (Lipinski definition) is 5. The van der Waals surface area contributed by atoms with Gasteiger partial charge >= 0.3 is 6.09 Å². The minimum Gasteiger partial charge on any atom is -0.484 e. The van der Waals surface area contributed by atoms with E-state index in [1.807, 2.05) is 6.07 Å². The molecule has 0 aliphatic rings. The summed E-state index contributed by atoms with van der Waals surface area (Å²) in [4.78, 5) is 16.4. The monoisotopic (exact) mass is 510 g/mol. The van der Waals surface area contributed by atoms with Gasteiger partial charge in [-0.25, -0.2) is 14.2 Å². The van der Waals surface area contributed by atoms with Gasteiger partial charge in [-0.15, -0.1) is 0 Å². The molecule has 32 heavy (non-hydrogen) atoms. The van der Waals surface area contributed by atoms with E-state index in [1.165, 1.54) is 12.1 Å². The maximum atomic E-state index is 13.9. The minimum atomic E-state index is -0.680. The largest absolute Gasteiger partial charge is 0.484 e. The topological polar surface area (TPSA) is 60.5 Å². The van der Waals surface area contributed by atoms with Gasteiger partial charge in [0.15, 0.2) is 0 Å². The Labute approximate surface area is 201 Å². The van der Waals surface area contributed by atoms with Crippen LogP contribution in [0.25, 0.3) is 10.2 Å². The van der Waals surface area contributed by atoms with Gasteiger partial charge in [-0.2, -0.15) is 0 Å². The number of nitrogens with one attached hydrogen (secondary N) is 1. The van der Waals surface area contributed by atoms with Crippen molar-refractivity contribution in [3.05, 3.63) is 81.0 Å². The van der Waals surface area contributed by atoms with Crippen LogP contribution in [-0.2, 0) is 0 Å². The molecule has 3 aromatic carbocycles. The highest BCUT2D eigenvalue weighted by Gasteiger charge is 2.20. The number of para-hydroxylation sites is 1. The van der Waals surface area contributed by atoms with Crippen molar-refractivity contribution in [1.82, 2.24) is 4.98 Å². The highest BCUT2D eigenvalue weighted by molar-refractivity contribution is 7.20. The van der Waals surface area contributed by atoms with Crippen molar-refractivity contribution in [1.29, 1.82) is 0 Å². The first kappa shape index (κ1) is 22.6. The Morgan fingerprint density at radius 2 is 1.84 bits per heavy atom. The third-order valence-corrected chi connectivity index (χ3v) is 6.32. The van der Waals surface area contributed by atoms with Gasteiger partial charge in [-0.05, 0) is 37.3 Å². The third kappa shape index (κ3) is 4.91. The molecule has 10 heteroatoms. The fourth-order valence-electron chi connectivity index (χ4n) is 2.95. The van der Waals surface area contributed by atoms with Gasteiger partial charge in [0, 0.05) is 22.3 Å². The molecule has 1 N–H and O–H groups in total. The third-order valence-electron chi connectivity index (χ3n) is 4.41. The summed E-state index contributed by atoms with van der Waals surface area (Å²) < 4.78 is 25.7. The van der Waals surface area contributed by atoms with Gasteiger partial charge in [0.1, 0.15) is 17.7 Å². The standard InChI is InChI=1S/C22H14Cl3FN2O3S/c1-11(19-13(23)7-8-15(26)20(19)25)30-17-10-18-16(9-14(17)24)28-22(32-18)31-21(29)27-12-5-3-2-4-6-12/h2-11H,1H3,(H,27,29). The second-order valence-electron chi connectivity index (χ2n) is 6.63. The molecule has 1 unspecified atom stereocenters. The SMILES string of the molecule is CC(Oc1cc2sc(OC(=O)Nc3ccccc3)nc2cc1Cl)c1c(Cl)ccc(F)c1Cl. The van der Waals surface area contributed by atoms with Gasteiger partial charge < -0.3 is 9.47 Å². The molecule has 0 saturated carbocycles. The lowest BCUT2D eigenvalue weighted by molar-refractivity contribution is 0.215. The van der Waals surface area contributed by atoms with E-state index in [2.05, 4.69) is 10.3 Å². The number of hydrogen-bond donors (Lipinski definition) is 1. The molecule has 0 spiro atoms. The number of aromatic nitrogens is 1. The first-order valence-electron chi connectivity index (χ1n) is 9.26. The number of nitrogens with zero attached hydrogens (tertiary/aromatic N) is 1. The van der Waals surface area contributed by atoms with E-state index in [9.17, 15) is 9.18 Å². The Morgan fingerprint density at radius 1 is 1.09 bits per heavy atom. The van der Waals surface area contributed by atoms with Crippen LogP contribution in [0.15, 0.2) is 54.6 Å². The highest BCUT2D eigenvalue weighted by atomic mass is 35.5. The second-order valence-corrected chi connectivity index (χ2v) is 8.81. The van der Waals surface area contributed by atoms with Gasteiger partial charge in [0.2, 0.25) is 0 Å². The predicted molar refractivity (Wildman–Crippen MR) is 126 cm³/mol. The lowest BCUT2D eigenvalue weighted by atomic mass is 10.1. The molecule has 1 amide bonds. The van der Waals surface area contributed by atoms with Crippen LogP contribution in [0.5, 0.6) is 10.9 Å². The predicted octanol–water partition coefficient (Wildman–Crippen LogP) is 8.15. The molecule has 1 aromatic heterocycles. The molecule has 5 nitrogen and oxygen atoms in total. The van der Waals surface area contributed by atoms with E-state index in [-0.39, 0.29) is 20.3 Å². The molecule has 0 aliphatic carbocycles. The molecule has 0 fully saturated rings. The molecule has 1 heterocycles. The first-order chi connectivity index (χ1) is 15.3. The smallest absolute Gasteiger partial charge is 0.419 e. The summed E-state index contributed by atoms with van der Waals surface area (Å²) in [6.45, 7) is 1.68. The Kier molecular flexibility index (Phi) is 6.71. The van der Waals surface area contributed by atoms with Crippen molar-refractivity contribution in [2.45, 2.75) is 13.0 Å². The summed E-state index contributed by atoms with van der Waals surface area (Å²) in [7, 11) is 0. The molecule has 0 saturated heterocycles. The summed E-state index contributed by atoms with van der Waals surface area (Å²) >= 11 is 19.7. The molecule has 1 atom stereocenters. The number of ether oxygens (including phenoxy) is 2. The average molecular weight is 512 g/mol. The van der Waals surface area contributed by atoms with Crippen LogP contribution in [0.1, 0.15) is 18.6 Å². The maximum absolute atomic E-state index is 13.9. The molecule has 0 radical (unpaired) electrons. The van der Waals surface area contributed by atoms with Crippen LogP contribution in [0.4, 0.5) is 14.9 Å². The van der Waals surface area contributed by atoms with Crippen molar-refractivity contribution >= 4 is 68.1 Å². The summed E-state index contributed by atoms with van der Waals surface area (Å²) in [6, 6.07) is 14.8. The number of amides is 1. The number of rotatable bonds is 5. The molecule has 0 bridgehead atoms. The van der Waals surface area contributed by atoms with Gasteiger partial charge in [-0.3, -0.25) is 5.32 Å². The number of carbonyl (C=O) groups is 1. The number of benzene rings is 3. The van der Waals surface area contributed by atoms with Crippen LogP contribution in [0, 0.1) is 5.82 Å². The van der Waals surface area contributed by atoms with Crippen LogP contribution in [-0.4, -0.2) is 11.1 Å². The minimum absolute atomic E-state index is 0.111. The Hall–Kier alpha value is -2.58. The molecule has 0 aliphatic heterocycles. The normalized spacial score (nSPS) is 11.9. The highest BCUT2D eigenvalue weighted by Crippen LogP contribution is 2.40. The fraction of sp³-hybridized carbons (Fsp3) is 0.0909. The van der Waals surface area contributed by atoms with E-state index in [0.29, 0.717) is 27.2 Å².